The standard InChI is InChI=1S/C10H11NO2/c11-8-3-7(6-12)4-10(5-8)13-9-1-2-9/h3-6,9H,1-2,11H2. The maximum atomic E-state index is 10.5. The molecule has 2 N–H and O–H groups in total. The van der Waals surface area contributed by atoms with Gasteiger partial charge in [0, 0.05) is 17.3 Å². The van der Waals surface area contributed by atoms with E-state index in [0.29, 0.717) is 23.1 Å². The maximum Gasteiger partial charge on any atom is 0.150 e. The van der Waals surface area contributed by atoms with Crippen molar-refractivity contribution in [3.63, 3.8) is 0 Å². The van der Waals surface area contributed by atoms with E-state index in [1.54, 1.807) is 18.2 Å². The molecule has 13 heavy (non-hydrogen) atoms. The molecule has 0 unspecified atom stereocenters. The number of ether oxygens (including phenoxy) is 1. The molecule has 1 aliphatic carbocycles. The van der Waals surface area contributed by atoms with Gasteiger partial charge in [0.1, 0.15) is 12.0 Å². The molecule has 0 amide bonds. The van der Waals surface area contributed by atoms with Crippen LogP contribution in [0.5, 0.6) is 5.75 Å². The summed E-state index contributed by atoms with van der Waals surface area (Å²) in [5.74, 6) is 0.699. The molecule has 0 bridgehead atoms. The van der Waals surface area contributed by atoms with Gasteiger partial charge in [0.25, 0.3) is 0 Å². The van der Waals surface area contributed by atoms with Crippen LogP contribution < -0.4 is 10.5 Å². The Labute approximate surface area is 76.5 Å². The average Bonchev–Trinajstić information content (AvgIpc) is 2.87. The maximum absolute atomic E-state index is 10.5. The van der Waals surface area contributed by atoms with Crippen LogP contribution >= 0.6 is 0 Å². The first kappa shape index (κ1) is 8.10. The number of hydrogen-bond donors (Lipinski definition) is 1. The van der Waals surface area contributed by atoms with Gasteiger partial charge in [-0.1, -0.05) is 0 Å². The van der Waals surface area contributed by atoms with E-state index >= 15 is 0 Å². The lowest BCUT2D eigenvalue weighted by molar-refractivity contribution is 0.112. The molecule has 1 aromatic carbocycles. The first-order valence-corrected chi connectivity index (χ1v) is 4.30. The Morgan fingerprint density at radius 1 is 1.38 bits per heavy atom. The van der Waals surface area contributed by atoms with E-state index in [-0.39, 0.29) is 0 Å². The van der Waals surface area contributed by atoms with E-state index < -0.39 is 0 Å². The predicted octanol–water partition coefficient (Wildman–Crippen LogP) is 1.62. The van der Waals surface area contributed by atoms with Gasteiger partial charge < -0.3 is 10.5 Å². The Bertz CT molecular complexity index is 332. The van der Waals surface area contributed by atoms with Crippen LogP contribution in [0.1, 0.15) is 23.2 Å². The van der Waals surface area contributed by atoms with Gasteiger partial charge in [-0.2, -0.15) is 0 Å². The van der Waals surface area contributed by atoms with Crippen LogP contribution in [0.3, 0.4) is 0 Å². The average molecular weight is 177 g/mol. The second kappa shape index (κ2) is 3.09. The molecule has 0 atom stereocenters. The highest BCUT2D eigenvalue weighted by molar-refractivity contribution is 5.77. The zero-order valence-corrected chi connectivity index (χ0v) is 7.19. The Hall–Kier alpha value is -1.51. The van der Waals surface area contributed by atoms with E-state index in [2.05, 4.69) is 0 Å². The third kappa shape index (κ3) is 1.99. The van der Waals surface area contributed by atoms with Crippen molar-refractivity contribution in [2.75, 3.05) is 5.73 Å². The van der Waals surface area contributed by atoms with Crippen LogP contribution in [-0.2, 0) is 0 Å². The summed E-state index contributed by atoms with van der Waals surface area (Å²) in [6.45, 7) is 0. The molecule has 0 spiro atoms. The van der Waals surface area contributed by atoms with Gasteiger partial charge in [-0.3, -0.25) is 4.79 Å². The minimum atomic E-state index is 0.335. The fraction of sp³-hybridized carbons (Fsp3) is 0.300. The lowest BCUT2D eigenvalue weighted by Gasteiger charge is -2.05. The lowest BCUT2D eigenvalue weighted by atomic mass is 10.2. The molecule has 0 saturated heterocycles. The zero-order valence-electron chi connectivity index (χ0n) is 7.19. The molecular formula is C10H11NO2. The van der Waals surface area contributed by atoms with Gasteiger partial charge in [0.05, 0.1) is 6.10 Å². The summed E-state index contributed by atoms with van der Waals surface area (Å²) in [5, 5.41) is 0. The first-order valence-electron chi connectivity index (χ1n) is 4.30. The third-order valence-electron chi connectivity index (χ3n) is 1.91. The number of nitrogens with two attached hydrogens (primary N) is 1. The Morgan fingerprint density at radius 3 is 2.77 bits per heavy atom. The molecule has 0 heterocycles. The van der Waals surface area contributed by atoms with Crippen molar-refractivity contribution in [1.82, 2.24) is 0 Å². The minimum absolute atomic E-state index is 0.335. The Balaban J connectivity index is 2.22. The highest BCUT2D eigenvalue weighted by atomic mass is 16.5. The first-order chi connectivity index (χ1) is 6.28. The van der Waals surface area contributed by atoms with E-state index in [4.69, 9.17) is 10.5 Å². The van der Waals surface area contributed by atoms with Crippen molar-refractivity contribution in [2.24, 2.45) is 0 Å². The number of aldehydes is 1. The molecule has 0 aromatic heterocycles. The third-order valence-corrected chi connectivity index (χ3v) is 1.91. The van der Waals surface area contributed by atoms with Gasteiger partial charge in [-0.25, -0.2) is 0 Å². The molecule has 2 rings (SSSR count). The van der Waals surface area contributed by atoms with Gasteiger partial charge in [-0.15, -0.1) is 0 Å². The van der Waals surface area contributed by atoms with Crippen LogP contribution in [0.25, 0.3) is 0 Å². The lowest BCUT2D eigenvalue weighted by Crippen LogP contribution is -1.98. The summed E-state index contributed by atoms with van der Waals surface area (Å²) in [6.07, 6.45) is 3.31. The highest BCUT2D eigenvalue weighted by Gasteiger charge is 2.23. The van der Waals surface area contributed by atoms with E-state index in [9.17, 15) is 4.79 Å². The molecule has 0 radical (unpaired) electrons. The number of carbonyl (C=O) groups is 1. The van der Waals surface area contributed by atoms with Gasteiger partial charge in [0.15, 0.2) is 0 Å². The molecule has 68 valence electrons. The molecule has 3 nitrogen and oxygen atoms in total. The van der Waals surface area contributed by atoms with Crippen LogP contribution in [-0.4, -0.2) is 12.4 Å². The molecule has 1 aromatic rings. The minimum Gasteiger partial charge on any atom is -0.490 e. The van der Waals surface area contributed by atoms with Crippen LogP contribution in [0.15, 0.2) is 18.2 Å². The predicted molar refractivity (Wildman–Crippen MR) is 49.9 cm³/mol. The molecule has 3 heteroatoms. The van der Waals surface area contributed by atoms with Crippen LogP contribution in [0.4, 0.5) is 5.69 Å². The summed E-state index contributed by atoms with van der Waals surface area (Å²) in [7, 11) is 0. The molecular weight excluding hydrogens is 166 g/mol. The van der Waals surface area contributed by atoms with E-state index in [1.807, 2.05) is 0 Å². The van der Waals surface area contributed by atoms with Gasteiger partial charge in [-0.05, 0) is 25.0 Å². The largest absolute Gasteiger partial charge is 0.490 e. The van der Waals surface area contributed by atoms with Gasteiger partial charge in [0.2, 0.25) is 0 Å². The highest BCUT2D eigenvalue weighted by Crippen LogP contribution is 2.28. The summed E-state index contributed by atoms with van der Waals surface area (Å²) >= 11 is 0. The van der Waals surface area contributed by atoms with Crippen LogP contribution in [0.2, 0.25) is 0 Å². The summed E-state index contributed by atoms with van der Waals surface area (Å²) in [4.78, 5) is 10.5. The van der Waals surface area contributed by atoms with E-state index in [1.165, 1.54) is 0 Å². The molecule has 1 fully saturated rings. The molecule has 1 saturated carbocycles. The van der Waals surface area contributed by atoms with Crippen LogP contribution in [0, 0.1) is 0 Å². The fourth-order valence-electron chi connectivity index (χ4n) is 1.16. The van der Waals surface area contributed by atoms with Crippen molar-refractivity contribution in [2.45, 2.75) is 18.9 Å². The van der Waals surface area contributed by atoms with Gasteiger partial charge >= 0.3 is 0 Å². The second-order valence-electron chi connectivity index (χ2n) is 3.27. The molecule has 0 aliphatic heterocycles. The second-order valence-corrected chi connectivity index (χ2v) is 3.27. The van der Waals surface area contributed by atoms with E-state index in [0.717, 1.165) is 19.1 Å². The number of nitrogen functional groups attached to an aromatic ring is 1. The monoisotopic (exact) mass is 177 g/mol. The number of benzene rings is 1. The fourth-order valence-corrected chi connectivity index (χ4v) is 1.16. The van der Waals surface area contributed by atoms with Crippen molar-refractivity contribution < 1.29 is 9.53 Å². The van der Waals surface area contributed by atoms with Crippen molar-refractivity contribution in [3.05, 3.63) is 23.8 Å². The topological polar surface area (TPSA) is 52.3 Å². The SMILES string of the molecule is Nc1cc(C=O)cc(OC2CC2)c1. The quantitative estimate of drug-likeness (QED) is 0.563. The summed E-state index contributed by atoms with van der Waals surface area (Å²) in [6, 6.07) is 5.08. The summed E-state index contributed by atoms with van der Waals surface area (Å²) < 4.78 is 5.51. The zero-order chi connectivity index (χ0) is 9.26. The Kier molecular flexibility index (Phi) is 1.93. The smallest absolute Gasteiger partial charge is 0.150 e. The normalized spacial score (nSPS) is 15.4. The van der Waals surface area contributed by atoms with Crippen molar-refractivity contribution >= 4 is 12.0 Å². The molecule has 1 aliphatic rings. The number of hydrogen-bond acceptors (Lipinski definition) is 3. The van der Waals surface area contributed by atoms with Crippen molar-refractivity contribution in [3.8, 4) is 5.75 Å². The number of rotatable bonds is 3. The Morgan fingerprint density at radius 2 is 2.15 bits per heavy atom. The number of carbonyl (C=O) groups excluding carboxylic acids is 1. The number of anilines is 1. The summed E-state index contributed by atoms with van der Waals surface area (Å²) in [5.41, 5.74) is 6.73. The van der Waals surface area contributed by atoms with Crippen molar-refractivity contribution in [1.29, 1.82) is 0 Å².